The lowest BCUT2D eigenvalue weighted by atomic mass is 10.0. The number of carbonyl (C=O) groups excluding carboxylic acids is 2. The first-order chi connectivity index (χ1) is 13.0. The van der Waals surface area contributed by atoms with E-state index in [4.69, 9.17) is 11.6 Å². The van der Waals surface area contributed by atoms with Crippen molar-refractivity contribution in [2.24, 2.45) is 5.92 Å². The molecule has 0 bridgehead atoms. The van der Waals surface area contributed by atoms with Gasteiger partial charge in [-0.2, -0.15) is 0 Å². The van der Waals surface area contributed by atoms with E-state index in [1.165, 1.54) is 4.90 Å². The van der Waals surface area contributed by atoms with E-state index >= 15 is 0 Å². The minimum atomic E-state index is -1.11. The second-order valence-electron chi connectivity index (χ2n) is 6.45. The van der Waals surface area contributed by atoms with E-state index in [2.05, 4.69) is 5.32 Å². The van der Waals surface area contributed by atoms with Gasteiger partial charge in [-0.05, 0) is 17.7 Å². The number of hydrogen-bond acceptors (Lipinski definition) is 3. The molecule has 2 aromatic carbocycles. The third-order valence-corrected chi connectivity index (χ3v) is 4.86. The molecule has 2 aromatic rings. The highest BCUT2D eigenvalue weighted by Crippen LogP contribution is 2.31. The zero-order valence-electron chi connectivity index (χ0n) is 14.5. The number of carboxylic acid groups (broad SMARTS) is 1. The van der Waals surface area contributed by atoms with Crippen molar-refractivity contribution in [3.63, 3.8) is 0 Å². The lowest BCUT2D eigenvalue weighted by molar-refractivity contribution is -0.142. The van der Waals surface area contributed by atoms with Gasteiger partial charge >= 0.3 is 5.97 Å². The van der Waals surface area contributed by atoms with Gasteiger partial charge in [0, 0.05) is 19.4 Å². The van der Waals surface area contributed by atoms with Gasteiger partial charge in [0.2, 0.25) is 11.8 Å². The maximum absolute atomic E-state index is 12.6. The third kappa shape index (κ3) is 4.46. The summed E-state index contributed by atoms with van der Waals surface area (Å²) in [6.45, 7) is 0.173. The maximum Gasteiger partial charge on any atom is 0.326 e. The molecule has 1 heterocycles. The van der Waals surface area contributed by atoms with E-state index in [9.17, 15) is 19.5 Å². The second kappa shape index (κ2) is 8.22. The molecule has 2 unspecified atom stereocenters. The molecule has 1 aliphatic rings. The van der Waals surface area contributed by atoms with Gasteiger partial charge in [-0.1, -0.05) is 54.1 Å². The number of nitrogens with zero attached hydrogens (tertiary/aromatic N) is 1. The molecule has 0 saturated carbocycles. The fourth-order valence-electron chi connectivity index (χ4n) is 3.13. The van der Waals surface area contributed by atoms with Crippen molar-refractivity contribution in [1.29, 1.82) is 0 Å². The summed E-state index contributed by atoms with van der Waals surface area (Å²) in [5, 5.41) is 12.4. The fraction of sp³-hybridized carbons (Fsp3) is 0.250. The minimum absolute atomic E-state index is 0.0226. The van der Waals surface area contributed by atoms with Gasteiger partial charge in [0.25, 0.3) is 0 Å². The highest BCUT2D eigenvalue weighted by Gasteiger charge is 2.37. The number of para-hydroxylation sites is 1. The van der Waals surface area contributed by atoms with Crippen molar-refractivity contribution in [3.8, 4) is 0 Å². The molecule has 27 heavy (non-hydrogen) atoms. The molecule has 1 aliphatic heterocycles. The summed E-state index contributed by atoms with van der Waals surface area (Å²) in [5.41, 5.74) is 1.36. The zero-order valence-corrected chi connectivity index (χ0v) is 15.2. The number of benzene rings is 2. The van der Waals surface area contributed by atoms with Crippen LogP contribution in [0.15, 0.2) is 54.6 Å². The summed E-state index contributed by atoms with van der Waals surface area (Å²) in [7, 11) is 0. The molecular formula is C20H19ClN2O4. The van der Waals surface area contributed by atoms with Crippen LogP contribution in [0.4, 0.5) is 5.69 Å². The predicted octanol–water partition coefficient (Wildman–Crippen LogP) is 2.51. The lowest BCUT2D eigenvalue weighted by Gasteiger charge is -2.19. The topological polar surface area (TPSA) is 86.7 Å². The summed E-state index contributed by atoms with van der Waals surface area (Å²) >= 11 is 6.14. The van der Waals surface area contributed by atoms with Gasteiger partial charge in [-0.25, -0.2) is 4.79 Å². The summed E-state index contributed by atoms with van der Waals surface area (Å²) in [4.78, 5) is 37.9. The number of aliphatic carboxylic acids is 1. The Balaban J connectivity index is 1.67. The maximum atomic E-state index is 12.6. The summed E-state index contributed by atoms with van der Waals surface area (Å²) in [6.07, 6.45) is 0.200. The highest BCUT2D eigenvalue weighted by molar-refractivity contribution is 6.33. The number of halogens is 1. The van der Waals surface area contributed by atoms with Crippen molar-refractivity contribution in [3.05, 3.63) is 65.2 Å². The predicted molar refractivity (Wildman–Crippen MR) is 102 cm³/mol. The van der Waals surface area contributed by atoms with Crippen LogP contribution in [0.25, 0.3) is 0 Å². The molecule has 0 spiro atoms. The zero-order chi connectivity index (χ0) is 19.4. The molecule has 0 radical (unpaired) electrons. The van der Waals surface area contributed by atoms with Crippen LogP contribution in [0.5, 0.6) is 0 Å². The normalized spacial score (nSPS) is 17.6. The quantitative estimate of drug-likeness (QED) is 0.798. The molecule has 2 N–H and O–H groups in total. The Morgan fingerprint density at radius 2 is 1.81 bits per heavy atom. The Morgan fingerprint density at radius 1 is 1.15 bits per heavy atom. The van der Waals surface area contributed by atoms with Crippen LogP contribution in [0.1, 0.15) is 12.0 Å². The molecule has 0 aliphatic carbocycles. The Kier molecular flexibility index (Phi) is 5.76. The van der Waals surface area contributed by atoms with Crippen molar-refractivity contribution < 1.29 is 19.5 Å². The largest absolute Gasteiger partial charge is 0.480 e. The first-order valence-corrected chi connectivity index (χ1v) is 8.95. The molecule has 2 atom stereocenters. The molecule has 6 nitrogen and oxygen atoms in total. The van der Waals surface area contributed by atoms with Gasteiger partial charge in [-0.3, -0.25) is 9.59 Å². The van der Waals surface area contributed by atoms with Crippen molar-refractivity contribution in [2.45, 2.75) is 18.9 Å². The van der Waals surface area contributed by atoms with Gasteiger partial charge in [0.05, 0.1) is 16.6 Å². The van der Waals surface area contributed by atoms with Crippen molar-refractivity contribution in [2.75, 3.05) is 11.4 Å². The van der Waals surface area contributed by atoms with E-state index in [-0.39, 0.29) is 25.3 Å². The van der Waals surface area contributed by atoms with E-state index < -0.39 is 23.8 Å². The summed E-state index contributed by atoms with van der Waals surface area (Å²) in [5.74, 6) is -2.38. The number of hydrogen-bond donors (Lipinski definition) is 2. The first-order valence-electron chi connectivity index (χ1n) is 8.57. The average molecular weight is 387 g/mol. The van der Waals surface area contributed by atoms with Crippen molar-refractivity contribution in [1.82, 2.24) is 5.32 Å². The van der Waals surface area contributed by atoms with Gasteiger partial charge in [-0.15, -0.1) is 0 Å². The van der Waals surface area contributed by atoms with Crippen LogP contribution < -0.4 is 10.2 Å². The number of anilines is 1. The SMILES string of the molecule is O=C(NC(Cc1ccccc1)C(=O)O)C1CC(=O)N(c2ccccc2Cl)C1. The summed E-state index contributed by atoms with van der Waals surface area (Å²) < 4.78 is 0. The van der Waals surface area contributed by atoms with E-state index in [1.54, 1.807) is 36.4 Å². The molecule has 1 fully saturated rings. The van der Waals surface area contributed by atoms with Crippen LogP contribution in [-0.2, 0) is 20.8 Å². The fourth-order valence-corrected chi connectivity index (χ4v) is 3.36. The second-order valence-corrected chi connectivity index (χ2v) is 6.85. The standard InChI is InChI=1S/C20H19ClN2O4/c21-15-8-4-5-9-17(15)23-12-14(11-18(23)24)19(25)22-16(20(26)27)10-13-6-2-1-3-7-13/h1-9,14,16H,10-12H2,(H,22,25)(H,26,27). The highest BCUT2D eigenvalue weighted by atomic mass is 35.5. The number of nitrogens with one attached hydrogen (secondary N) is 1. The lowest BCUT2D eigenvalue weighted by Crippen LogP contribution is -2.45. The Hall–Kier alpha value is -2.86. The van der Waals surface area contributed by atoms with E-state index in [1.807, 2.05) is 18.2 Å². The molecule has 2 amide bonds. The van der Waals surface area contributed by atoms with Crippen LogP contribution in [0.3, 0.4) is 0 Å². The van der Waals surface area contributed by atoms with Gasteiger partial charge < -0.3 is 15.3 Å². The number of carboxylic acids is 1. The average Bonchev–Trinajstić information content (AvgIpc) is 3.04. The van der Waals surface area contributed by atoms with E-state index in [0.717, 1.165) is 5.56 Å². The Labute approximate surface area is 161 Å². The van der Waals surface area contributed by atoms with Crippen LogP contribution in [0, 0.1) is 5.92 Å². The Morgan fingerprint density at radius 3 is 2.48 bits per heavy atom. The Bertz CT molecular complexity index is 856. The van der Waals surface area contributed by atoms with Crippen LogP contribution in [0.2, 0.25) is 5.02 Å². The number of carbonyl (C=O) groups is 3. The molecule has 7 heteroatoms. The monoisotopic (exact) mass is 386 g/mol. The summed E-state index contributed by atoms with van der Waals surface area (Å²) in [6, 6.07) is 14.9. The molecular weight excluding hydrogens is 368 g/mol. The first kappa shape index (κ1) is 18.9. The third-order valence-electron chi connectivity index (χ3n) is 4.54. The molecule has 0 aromatic heterocycles. The minimum Gasteiger partial charge on any atom is -0.480 e. The van der Waals surface area contributed by atoms with Crippen LogP contribution in [-0.4, -0.2) is 35.5 Å². The molecule has 140 valence electrons. The van der Waals surface area contributed by atoms with Crippen molar-refractivity contribution >= 4 is 35.1 Å². The van der Waals surface area contributed by atoms with Gasteiger partial charge in [0.15, 0.2) is 0 Å². The van der Waals surface area contributed by atoms with Crippen LogP contribution >= 0.6 is 11.6 Å². The molecule has 3 rings (SSSR count). The van der Waals surface area contributed by atoms with E-state index in [0.29, 0.717) is 10.7 Å². The van der Waals surface area contributed by atoms with Gasteiger partial charge in [0.1, 0.15) is 6.04 Å². The number of amides is 2. The molecule has 1 saturated heterocycles. The smallest absolute Gasteiger partial charge is 0.326 e. The number of rotatable bonds is 6.